The minimum Gasteiger partial charge on any atom is -0.484 e. The zero-order valence-corrected chi connectivity index (χ0v) is 22.7. The van der Waals surface area contributed by atoms with Gasteiger partial charge in [0, 0.05) is 5.56 Å². The van der Waals surface area contributed by atoms with Gasteiger partial charge in [-0.25, -0.2) is 5.43 Å². The van der Waals surface area contributed by atoms with E-state index in [1.165, 1.54) is 11.8 Å². The van der Waals surface area contributed by atoms with Crippen molar-refractivity contribution in [2.45, 2.75) is 46.5 Å². The number of nitrogens with zero attached hydrogens (tertiary/aromatic N) is 1. The molecule has 0 aliphatic rings. The molecule has 3 aromatic rings. The monoisotopic (exact) mass is 534 g/mol. The quantitative estimate of drug-likeness (QED) is 0.180. The Bertz CT molecular complexity index is 1210. The van der Waals surface area contributed by atoms with Crippen LogP contribution in [0, 0.1) is 5.41 Å². The fraction of sp³-hybridized carbons (Fsp3) is 0.333. The highest BCUT2D eigenvalue weighted by atomic mass is 35.5. The Hall–Kier alpha value is -2.47. The molecule has 0 aliphatic carbocycles. The van der Waals surface area contributed by atoms with E-state index in [4.69, 9.17) is 44.0 Å². The van der Waals surface area contributed by atoms with Crippen molar-refractivity contribution in [1.82, 2.24) is 5.43 Å². The van der Waals surface area contributed by atoms with Crippen LogP contribution in [0.5, 0.6) is 5.75 Å². The van der Waals surface area contributed by atoms with Crippen LogP contribution in [0.15, 0.2) is 58.0 Å². The van der Waals surface area contributed by atoms with Crippen LogP contribution < -0.4 is 10.2 Å². The summed E-state index contributed by atoms with van der Waals surface area (Å²) in [6, 6.07) is 14.5. The predicted octanol–water partition coefficient (Wildman–Crippen LogP) is 8.15. The number of nitrogens with one attached hydrogen (secondary N) is 1. The molecule has 0 unspecified atom stereocenters. The highest BCUT2D eigenvalue weighted by molar-refractivity contribution is 6.44. The number of ether oxygens (including phenoxy) is 1. The average Bonchev–Trinajstić information content (AvgIpc) is 3.22. The van der Waals surface area contributed by atoms with Gasteiger partial charge in [-0.05, 0) is 59.2 Å². The minimum atomic E-state index is -0.391. The molecule has 0 saturated carbocycles. The van der Waals surface area contributed by atoms with Crippen molar-refractivity contribution in [1.29, 1.82) is 0 Å². The summed E-state index contributed by atoms with van der Waals surface area (Å²) in [5.74, 6) is 1.15. The largest absolute Gasteiger partial charge is 0.484 e. The lowest BCUT2D eigenvalue weighted by Crippen LogP contribution is -2.25. The number of furan rings is 1. The maximum atomic E-state index is 12.1. The van der Waals surface area contributed by atoms with Crippen molar-refractivity contribution < 1.29 is 13.9 Å². The summed E-state index contributed by atoms with van der Waals surface area (Å²) < 4.78 is 11.3. The molecule has 0 atom stereocenters. The lowest BCUT2D eigenvalue weighted by atomic mass is 9.72. The molecule has 186 valence electrons. The van der Waals surface area contributed by atoms with Crippen molar-refractivity contribution in [3.8, 4) is 17.1 Å². The second-order valence-corrected chi connectivity index (χ2v) is 11.4. The molecule has 1 N–H and O–H groups in total. The Labute approximate surface area is 221 Å². The van der Waals surface area contributed by atoms with Crippen LogP contribution >= 0.6 is 34.8 Å². The lowest BCUT2D eigenvalue weighted by Gasteiger charge is -2.33. The van der Waals surface area contributed by atoms with Crippen molar-refractivity contribution in [2.24, 2.45) is 10.5 Å². The topological polar surface area (TPSA) is 63.8 Å². The molecule has 35 heavy (non-hydrogen) atoms. The Morgan fingerprint density at radius 3 is 2.29 bits per heavy atom. The zero-order chi connectivity index (χ0) is 25.8. The SMILES string of the molecule is CC(C)(C)CC(C)(C)c1ccc(OCC(=O)N/N=C/c2ccc(-c3cc(Cl)c(Cl)cc3Cl)o2)cc1. The van der Waals surface area contributed by atoms with Gasteiger partial charge in [0.25, 0.3) is 5.91 Å². The maximum Gasteiger partial charge on any atom is 0.277 e. The molecule has 5 nitrogen and oxygen atoms in total. The number of hydrazone groups is 1. The first-order valence-electron chi connectivity index (χ1n) is 11.1. The fourth-order valence-electron chi connectivity index (χ4n) is 4.06. The Kier molecular flexibility index (Phi) is 8.58. The van der Waals surface area contributed by atoms with Crippen LogP contribution in [-0.4, -0.2) is 18.7 Å². The standard InChI is InChI=1S/C27H29Cl3N2O3/c1-26(2,3)16-27(4,5)17-6-8-18(9-7-17)34-15-25(33)32-31-14-19-10-11-24(35-19)20-12-22(29)23(30)13-21(20)28/h6-14H,15-16H2,1-5H3,(H,32,33)/b31-14+. The molecule has 0 radical (unpaired) electrons. The number of hydrogen-bond donors (Lipinski definition) is 1. The molecule has 2 aromatic carbocycles. The van der Waals surface area contributed by atoms with Gasteiger partial charge in [0.15, 0.2) is 6.61 Å². The van der Waals surface area contributed by atoms with E-state index in [2.05, 4.69) is 45.1 Å². The van der Waals surface area contributed by atoms with Crippen molar-refractivity contribution in [2.75, 3.05) is 6.61 Å². The number of benzene rings is 2. The minimum absolute atomic E-state index is 0.0414. The Balaban J connectivity index is 1.51. The van der Waals surface area contributed by atoms with Crippen LogP contribution in [-0.2, 0) is 10.2 Å². The molecule has 3 rings (SSSR count). The lowest BCUT2D eigenvalue weighted by molar-refractivity contribution is -0.123. The van der Waals surface area contributed by atoms with Crippen molar-refractivity contribution >= 4 is 46.9 Å². The number of halogens is 3. The van der Waals surface area contributed by atoms with Crippen molar-refractivity contribution in [3.05, 3.63) is 74.9 Å². The van der Waals surface area contributed by atoms with E-state index in [0.717, 1.165) is 6.42 Å². The van der Waals surface area contributed by atoms with Crippen LogP contribution in [0.25, 0.3) is 11.3 Å². The van der Waals surface area contributed by atoms with Crippen LogP contribution in [0.3, 0.4) is 0 Å². The molecule has 8 heteroatoms. The zero-order valence-electron chi connectivity index (χ0n) is 20.4. The first-order valence-corrected chi connectivity index (χ1v) is 12.3. The summed E-state index contributed by atoms with van der Waals surface area (Å²) in [6.45, 7) is 11.0. The summed E-state index contributed by atoms with van der Waals surface area (Å²) in [5.41, 5.74) is 4.52. The highest BCUT2D eigenvalue weighted by Gasteiger charge is 2.27. The molecule has 1 heterocycles. The van der Waals surface area contributed by atoms with E-state index >= 15 is 0 Å². The number of carbonyl (C=O) groups excluding carboxylic acids is 1. The molecular weight excluding hydrogens is 507 g/mol. The van der Waals surface area contributed by atoms with Gasteiger partial charge < -0.3 is 9.15 Å². The van der Waals surface area contributed by atoms with Gasteiger partial charge in [0.1, 0.15) is 17.3 Å². The van der Waals surface area contributed by atoms with Crippen LogP contribution in [0.2, 0.25) is 15.1 Å². The number of amides is 1. The van der Waals surface area contributed by atoms with E-state index in [1.807, 2.05) is 24.3 Å². The van der Waals surface area contributed by atoms with Gasteiger partial charge in [-0.3, -0.25) is 4.79 Å². The summed E-state index contributed by atoms with van der Waals surface area (Å²) in [4.78, 5) is 12.1. The maximum absolute atomic E-state index is 12.1. The van der Waals surface area contributed by atoms with Gasteiger partial charge in [-0.2, -0.15) is 5.10 Å². The second kappa shape index (κ2) is 11.1. The Morgan fingerprint density at radius 1 is 0.971 bits per heavy atom. The third kappa shape index (κ3) is 7.76. The van der Waals surface area contributed by atoms with Crippen molar-refractivity contribution in [3.63, 3.8) is 0 Å². The number of rotatable bonds is 8. The first-order chi connectivity index (χ1) is 16.3. The highest BCUT2D eigenvalue weighted by Crippen LogP contribution is 2.37. The number of hydrogen-bond acceptors (Lipinski definition) is 4. The third-order valence-electron chi connectivity index (χ3n) is 5.26. The molecule has 0 fully saturated rings. The Morgan fingerprint density at radius 2 is 1.63 bits per heavy atom. The molecule has 0 aliphatic heterocycles. The van der Waals surface area contributed by atoms with Gasteiger partial charge in [0.2, 0.25) is 0 Å². The molecule has 0 saturated heterocycles. The van der Waals surface area contributed by atoms with E-state index < -0.39 is 5.91 Å². The normalized spacial score (nSPS) is 12.2. The predicted molar refractivity (Wildman–Crippen MR) is 144 cm³/mol. The smallest absolute Gasteiger partial charge is 0.277 e. The summed E-state index contributed by atoms with van der Waals surface area (Å²) in [6.07, 6.45) is 2.44. The van der Waals surface area contributed by atoms with Gasteiger partial charge in [0.05, 0.1) is 21.3 Å². The summed E-state index contributed by atoms with van der Waals surface area (Å²) >= 11 is 18.3. The fourth-order valence-corrected chi connectivity index (χ4v) is 4.70. The van der Waals surface area contributed by atoms with Gasteiger partial charge in [-0.15, -0.1) is 0 Å². The molecule has 0 bridgehead atoms. The molecular formula is C27H29Cl3N2O3. The first kappa shape index (κ1) is 27.1. The molecule has 0 spiro atoms. The van der Waals surface area contributed by atoms with Crippen LogP contribution in [0.1, 0.15) is 52.4 Å². The summed E-state index contributed by atoms with van der Waals surface area (Å²) in [7, 11) is 0. The molecule has 1 aromatic heterocycles. The summed E-state index contributed by atoms with van der Waals surface area (Å²) in [5, 5.41) is 5.06. The molecule has 1 amide bonds. The number of carbonyl (C=O) groups is 1. The van der Waals surface area contributed by atoms with Gasteiger partial charge in [-0.1, -0.05) is 81.6 Å². The third-order valence-corrected chi connectivity index (χ3v) is 6.30. The van der Waals surface area contributed by atoms with E-state index in [1.54, 1.807) is 24.3 Å². The average molecular weight is 536 g/mol. The van der Waals surface area contributed by atoms with Crippen LogP contribution in [0.4, 0.5) is 0 Å². The second-order valence-electron chi connectivity index (χ2n) is 10.2. The van der Waals surface area contributed by atoms with E-state index in [0.29, 0.717) is 37.9 Å². The van der Waals surface area contributed by atoms with E-state index in [-0.39, 0.29) is 17.4 Å². The van der Waals surface area contributed by atoms with Gasteiger partial charge >= 0.3 is 0 Å². The van der Waals surface area contributed by atoms with E-state index in [9.17, 15) is 4.79 Å².